The summed E-state index contributed by atoms with van der Waals surface area (Å²) in [7, 11) is 1.18. The number of benzene rings is 1. The standard InChI is InChI=1S/C13H14N2O7/c1-7-10(12(16)21-2)3-8(4-11(7)15(19)20)22-9-5-14(6-9)13(17)18/h3-4,9H,5-6H2,1-2H3,(H,17,18). The number of nitro benzene ring substituents is 1. The van der Waals surface area contributed by atoms with Gasteiger partial charge in [-0.3, -0.25) is 10.1 Å². The third-order valence-electron chi connectivity index (χ3n) is 3.38. The minimum atomic E-state index is -1.05. The van der Waals surface area contributed by atoms with Crippen molar-refractivity contribution < 1.29 is 29.1 Å². The van der Waals surface area contributed by atoms with Crippen LogP contribution < -0.4 is 4.74 Å². The van der Waals surface area contributed by atoms with Crippen molar-refractivity contribution in [2.24, 2.45) is 0 Å². The summed E-state index contributed by atoms with van der Waals surface area (Å²) in [4.78, 5) is 34.0. The first-order chi connectivity index (χ1) is 10.3. The van der Waals surface area contributed by atoms with E-state index in [2.05, 4.69) is 4.74 Å². The lowest BCUT2D eigenvalue weighted by molar-refractivity contribution is -0.385. The van der Waals surface area contributed by atoms with Gasteiger partial charge in [0.25, 0.3) is 5.69 Å². The van der Waals surface area contributed by atoms with E-state index in [1.54, 1.807) is 0 Å². The second-order valence-electron chi connectivity index (χ2n) is 4.79. The lowest BCUT2D eigenvalue weighted by Crippen LogP contribution is -2.55. The molecule has 22 heavy (non-hydrogen) atoms. The number of hydrogen-bond acceptors (Lipinski definition) is 6. The molecule has 0 bridgehead atoms. The Morgan fingerprint density at radius 2 is 2.05 bits per heavy atom. The van der Waals surface area contributed by atoms with Crippen LogP contribution in [0.2, 0.25) is 0 Å². The van der Waals surface area contributed by atoms with Crippen LogP contribution in [0.3, 0.4) is 0 Å². The zero-order valence-corrected chi connectivity index (χ0v) is 11.9. The van der Waals surface area contributed by atoms with Gasteiger partial charge in [0.2, 0.25) is 0 Å². The molecule has 1 saturated heterocycles. The Balaban J connectivity index is 2.25. The lowest BCUT2D eigenvalue weighted by atomic mass is 10.1. The van der Waals surface area contributed by atoms with Gasteiger partial charge < -0.3 is 19.5 Å². The van der Waals surface area contributed by atoms with Crippen molar-refractivity contribution in [1.29, 1.82) is 0 Å². The van der Waals surface area contributed by atoms with Crippen LogP contribution in [-0.4, -0.2) is 53.3 Å². The summed E-state index contributed by atoms with van der Waals surface area (Å²) in [5, 5.41) is 19.8. The topological polar surface area (TPSA) is 119 Å². The van der Waals surface area contributed by atoms with Crippen molar-refractivity contribution in [3.05, 3.63) is 33.4 Å². The average Bonchev–Trinajstić information content (AvgIpc) is 2.41. The summed E-state index contributed by atoms with van der Waals surface area (Å²) in [5.41, 5.74) is -0.0293. The van der Waals surface area contributed by atoms with Gasteiger partial charge in [-0.1, -0.05) is 0 Å². The molecule has 1 aliphatic heterocycles. The average molecular weight is 310 g/mol. The van der Waals surface area contributed by atoms with Gasteiger partial charge in [0, 0.05) is 5.56 Å². The molecule has 2 rings (SSSR count). The summed E-state index contributed by atoms with van der Waals surface area (Å²) in [6, 6.07) is 2.57. The lowest BCUT2D eigenvalue weighted by Gasteiger charge is -2.36. The molecule has 1 aromatic rings. The van der Waals surface area contributed by atoms with Gasteiger partial charge in [-0.15, -0.1) is 0 Å². The Bertz CT molecular complexity index is 638. The molecular formula is C13H14N2O7. The highest BCUT2D eigenvalue weighted by Crippen LogP contribution is 2.30. The molecule has 1 aliphatic rings. The van der Waals surface area contributed by atoms with Crippen molar-refractivity contribution in [3.63, 3.8) is 0 Å². The predicted molar refractivity (Wildman–Crippen MR) is 73.2 cm³/mol. The molecule has 0 radical (unpaired) electrons. The predicted octanol–water partition coefficient (Wildman–Crippen LogP) is 1.43. The van der Waals surface area contributed by atoms with Crippen LogP contribution in [0.25, 0.3) is 0 Å². The fraction of sp³-hybridized carbons (Fsp3) is 0.385. The van der Waals surface area contributed by atoms with Crippen molar-refractivity contribution in [2.75, 3.05) is 20.2 Å². The molecule has 1 heterocycles. The number of nitrogens with zero attached hydrogens (tertiary/aromatic N) is 2. The van der Waals surface area contributed by atoms with E-state index in [9.17, 15) is 19.7 Å². The molecule has 0 saturated carbocycles. The van der Waals surface area contributed by atoms with E-state index in [1.165, 1.54) is 26.2 Å². The maximum Gasteiger partial charge on any atom is 0.407 e. The monoisotopic (exact) mass is 310 g/mol. The first-order valence-corrected chi connectivity index (χ1v) is 6.35. The number of nitro groups is 1. The summed E-state index contributed by atoms with van der Waals surface area (Å²) in [6.07, 6.45) is -1.45. The second-order valence-corrected chi connectivity index (χ2v) is 4.79. The fourth-order valence-corrected chi connectivity index (χ4v) is 2.11. The van der Waals surface area contributed by atoms with Gasteiger partial charge >= 0.3 is 12.1 Å². The van der Waals surface area contributed by atoms with E-state index in [4.69, 9.17) is 9.84 Å². The van der Waals surface area contributed by atoms with Crippen LogP contribution in [0.1, 0.15) is 15.9 Å². The van der Waals surface area contributed by atoms with Crippen LogP contribution in [-0.2, 0) is 4.74 Å². The Labute approximate surface area is 125 Å². The SMILES string of the molecule is COC(=O)c1cc(OC2CN(C(=O)O)C2)cc([N+](=O)[O-])c1C. The molecule has 1 amide bonds. The second kappa shape index (κ2) is 5.88. The molecule has 9 heteroatoms. The fourth-order valence-electron chi connectivity index (χ4n) is 2.11. The van der Waals surface area contributed by atoms with Crippen LogP contribution in [0, 0.1) is 17.0 Å². The molecule has 1 fully saturated rings. The van der Waals surface area contributed by atoms with Crippen molar-refractivity contribution in [2.45, 2.75) is 13.0 Å². The van der Waals surface area contributed by atoms with Gasteiger partial charge in [0.15, 0.2) is 0 Å². The minimum Gasteiger partial charge on any atom is -0.486 e. The molecular weight excluding hydrogens is 296 g/mol. The van der Waals surface area contributed by atoms with E-state index in [1.807, 2.05) is 0 Å². The molecule has 0 aliphatic carbocycles. The van der Waals surface area contributed by atoms with Gasteiger partial charge in [-0.25, -0.2) is 9.59 Å². The third kappa shape index (κ3) is 2.92. The molecule has 1 N–H and O–H groups in total. The summed E-state index contributed by atoms with van der Waals surface area (Å²) in [5.74, 6) is -0.570. The third-order valence-corrected chi connectivity index (χ3v) is 3.38. The quantitative estimate of drug-likeness (QED) is 0.507. The smallest absolute Gasteiger partial charge is 0.407 e. The summed E-state index contributed by atoms with van der Waals surface area (Å²) >= 11 is 0. The minimum absolute atomic E-state index is 0.0427. The molecule has 9 nitrogen and oxygen atoms in total. The molecule has 0 unspecified atom stereocenters. The number of ether oxygens (including phenoxy) is 2. The Morgan fingerprint density at radius 3 is 2.55 bits per heavy atom. The first-order valence-electron chi connectivity index (χ1n) is 6.35. The number of likely N-dealkylation sites (tertiary alicyclic amines) is 1. The summed E-state index contributed by atoms with van der Waals surface area (Å²) in [6.45, 7) is 1.79. The van der Waals surface area contributed by atoms with Crippen molar-refractivity contribution in [3.8, 4) is 5.75 Å². The van der Waals surface area contributed by atoms with E-state index in [-0.39, 0.29) is 35.7 Å². The number of hydrogen-bond donors (Lipinski definition) is 1. The van der Waals surface area contributed by atoms with E-state index in [0.717, 1.165) is 4.90 Å². The normalized spacial score (nSPS) is 14.2. The number of amides is 1. The molecule has 118 valence electrons. The Morgan fingerprint density at radius 1 is 1.41 bits per heavy atom. The number of carboxylic acid groups (broad SMARTS) is 1. The molecule has 0 spiro atoms. The van der Waals surface area contributed by atoms with Gasteiger partial charge in [0.05, 0.1) is 36.8 Å². The van der Waals surface area contributed by atoms with Gasteiger partial charge in [0.1, 0.15) is 11.9 Å². The highest BCUT2D eigenvalue weighted by atomic mass is 16.6. The zero-order valence-electron chi connectivity index (χ0n) is 11.9. The van der Waals surface area contributed by atoms with Crippen LogP contribution in [0.15, 0.2) is 12.1 Å². The number of carbonyl (C=O) groups excluding carboxylic acids is 1. The van der Waals surface area contributed by atoms with E-state index >= 15 is 0 Å². The number of esters is 1. The molecule has 1 aromatic carbocycles. The number of methoxy groups -OCH3 is 1. The van der Waals surface area contributed by atoms with Crippen LogP contribution >= 0.6 is 0 Å². The highest BCUT2D eigenvalue weighted by molar-refractivity contribution is 5.92. The van der Waals surface area contributed by atoms with E-state index < -0.39 is 23.1 Å². The molecule has 0 aromatic heterocycles. The Kier molecular flexibility index (Phi) is 4.15. The molecule has 0 atom stereocenters. The van der Waals surface area contributed by atoms with Gasteiger partial charge in [-0.05, 0) is 13.0 Å². The largest absolute Gasteiger partial charge is 0.486 e. The number of rotatable bonds is 4. The maximum atomic E-state index is 11.7. The maximum absolute atomic E-state index is 11.7. The van der Waals surface area contributed by atoms with E-state index in [0.29, 0.717) is 0 Å². The van der Waals surface area contributed by atoms with Crippen LogP contribution in [0.4, 0.5) is 10.5 Å². The number of carbonyl (C=O) groups is 2. The zero-order chi connectivity index (χ0) is 16.4. The van der Waals surface area contributed by atoms with Crippen LogP contribution in [0.5, 0.6) is 5.75 Å². The first kappa shape index (κ1) is 15.5. The van der Waals surface area contributed by atoms with Gasteiger partial charge in [-0.2, -0.15) is 0 Å². The van der Waals surface area contributed by atoms with Crippen molar-refractivity contribution >= 4 is 17.7 Å². The summed E-state index contributed by atoms with van der Waals surface area (Å²) < 4.78 is 10.1. The Hall–Kier alpha value is -2.84. The van der Waals surface area contributed by atoms with Crippen molar-refractivity contribution in [1.82, 2.24) is 4.90 Å². The highest BCUT2D eigenvalue weighted by Gasteiger charge is 2.33.